The van der Waals surface area contributed by atoms with E-state index in [2.05, 4.69) is 130 Å². The van der Waals surface area contributed by atoms with Gasteiger partial charge in [0.25, 0.3) is 0 Å². The second kappa shape index (κ2) is 15.3. The quantitative estimate of drug-likeness (QED) is 0.124. The maximum Gasteiger partial charge on any atom is 0.216 e. The third-order valence-electron chi connectivity index (χ3n) is 8.58. The minimum Gasteiger partial charge on any atom is -0.486 e. The summed E-state index contributed by atoms with van der Waals surface area (Å²) in [5, 5.41) is 3.54. The molecule has 0 amide bonds. The van der Waals surface area contributed by atoms with Crippen molar-refractivity contribution in [2.45, 2.75) is 66.6 Å². The fourth-order valence-corrected chi connectivity index (χ4v) is 8.00. The van der Waals surface area contributed by atoms with E-state index in [-0.39, 0.29) is 25.5 Å². The molecule has 0 atom stereocenters. The number of benzene rings is 3. The molecule has 0 saturated carbocycles. The molecule has 1 radical (unpaired) electrons. The molecule has 4 aromatic heterocycles. The molecule has 0 aliphatic rings. The molecule has 0 N–H and O–H groups in total. The number of hydrogen-bond donors (Lipinski definition) is 0. The summed E-state index contributed by atoms with van der Waals surface area (Å²) in [6.45, 7) is 18.4. The van der Waals surface area contributed by atoms with E-state index < -0.39 is 8.07 Å². The van der Waals surface area contributed by atoms with E-state index in [0.717, 1.165) is 56.4 Å². The first-order chi connectivity index (χ1) is 23.4. The zero-order chi connectivity index (χ0) is 34.8. The summed E-state index contributed by atoms with van der Waals surface area (Å²) < 4.78 is 6.26. The molecule has 257 valence electrons. The van der Waals surface area contributed by atoms with Crippen LogP contribution in [0, 0.1) is 17.5 Å². The molecular formula is C44H45IrN3OSi-2. The maximum atomic E-state index is 6.26. The Morgan fingerprint density at radius 2 is 1.52 bits per heavy atom. The molecule has 50 heavy (non-hydrogen) atoms. The van der Waals surface area contributed by atoms with Gasteiger partial charge in [0.2, 0.25) is 5.71 Å². The Morgan fingerprint density at radius 1 is 0.780 bits per heavy atom. The molecule has 0 spiro atoms. The van der Waals surface area contributed by atoms with E-state index in [9.17, 15) is 0 Å². The first-order valence-electron chi connectivity index (χ1n) is 17.1. The Morgan fingerprint density at radius 3 is 2.20 bits per heavy atom. The van der Waals surface area contributed by atoms with Gasteiger partial charge in [0.15, 0.2) is 0 Å². The second-order valence-corrected chi connectivity index (χ2v) is 20.3. The van der Waals surface area contributed by atoms with Crippen LogP contribution in [-0.4, -0.2) is 23.0 Å². The number of fused-ring (bicyclic) bond motifs is 3. The zero-order valence-corrected chi connectivity index (χ0v) is 33.7. The van der Waals surface area contributed by atoms with Crippen molar-refractivity contribution in [2.24, 2.45) is 5.41 Å². The van der Waals surface area contributed by atoms with Gasteiger partial charge >= 0.3 is 0 Å². The summed E-state index contributed by atoms with van der Waals surface area (Å²) in [6, 6.07) is 37.5. The molecule has 0 saturated heterocycles. The average molecular weight is 852 g/mol. The van der Waals surface area contributed by atoms with Crippen LogP contribution in [0.3, 0.4) is 0 Å². The van der Waals surface area contributed by atoms with Gasteiger partial charge in [-0.15, -0.1) is 54.1 Å². The van der Waals surface area contributed by atoms with Crippen LogP contribution in [0.4, 0.5) is 0 Å². The molecule has 6 heteroatoms. The van der Waals surface area contributed by atoms with Gasteiger partial charge in [-0.05, 0) is 57.6 Å². The van der Waals surface area contributed by atoms with Crippen LogP contribution in [0.2, 0.25) is 19.6 Å². The van der Waals surface area contributed by atoms with Crippen LogP contribution in [-0.2, 0) is 26.5 Å². The van der Waals surface area contributed by atoms with Crippen molar-refractivity contribution >= 4 is 35.3 Å². The van der Waals surface area contributed by atoms with Gasteiger partial charge in [0.05, 0.1) is 13.7 Å². The Balaban J connectivity index is 0.000000211. The molecule has 0 fully saturated rings. The Labute approximate surface area is 311 Å². The van der Waals surface area contributed by atoms with Crippen molar-refractivity contribution in [2.75, 3.05) is 0 Å². The van der Waals surface area contributed by atoms with Crippen LogP contribution < -0.4 is 5.19 Å². The topological polar surface area (TPSA) is 51.8 Å². The molecular weight excluding hydrogens is 807 g/mol. The van der Waals surface area contributed by atoms with Crippen molar-refractivity contribution in [3.8, 4) is 33.6 Å². The molecule has 0 aliphatic heterocycles. The minimum atomic E-state index is -1.34. The smallest absolute Gasteiger partial charge is 0.216 e. The van der Waals surface area contributed by atoms with Crippen molar-refractivity contribution in [3.63, 3.8) is 0 Å². The van der Waals surface area contributed by atoms with Crippen molar-refractivity contribution in [1.82, 2.24) is 15.0 Å². The van der Waals surface area contributed by atoms with E-state index >= 15 is 0 Å². The van der Waals surface area contributed by atoms with E-state index in [1.807, 2.05) is 54.7 Å². The first-order valence-corrected chi connectivity index (χ1v) is 20.6. The fraction of sp³-hybridized carbons (Fsp3) is 0.250. The number of aromatic nitrogens is 3. The van der Waals surface area contributed by atoms with Gasteiger partial charge in [-0.3, -0.25) is 0 Å². The number of rotatable bonds is 6. The second-order valence-electron chi connectivity index (χ2n) is 15.2. The number of hydrogen-bond acceptors (Lipinski definition) is 4. The summed E-state index contributed by atoms with van der Waals surface area (Å²) in [5.74, 6) is 0.534. The van der Waals surface area contributed by atoms with Gasteiger partial charge in [0.1, 0.15) is 0 Å². The van der Waals surface area contributed by atoms with Crippen LogP contribution >= 0.6 is 0 Å². The standard InChI is InChI=1S/C27H23N2O.C17H22NSi.Ir/c1-27(2,3)17-18-12-14-28-23(16-18)21-10-7-11-22-24-20(19-8-5-4-6-9-19)13-15-29-26(24)30-25(21)22;1-13(2)15-11-16(14-9-7-6-8-10-14)18-12-17(15)19(3,4)5;/h4-9,11-16H,17H2,1-3H3;6-9,11-13H,1-5H3;/q2*-1;. The van der Waals surface area contributed by atoms with Crippen LogP contribution in [0.5, 0.6) is 0 Å². The molecule has 7 aromatic rings. The Hall–Kier alpha value is -4.22. The molecule has 3 aromatic carbocycles. The predicted octanol–water partition coefficient (Wildman–Crippen LogP) is 11.3. The average Bonchev–Trinajstić information content (AvgIpc) is 3.47. The Bertz CT molecular complexity index is 2200. The molecule has 0 bridgehead atoms. The van der Waals surface area contributed by atoms with Crippen molar-refractivity contribution in [1.29, 1.82) is 0 Å². The first kappa shape index (κ1) is 37.0. The van der Waals surface area contributed by atoms with Crippen LogP contribution in [0.15, 0.2) is 114 Å². The fourth-order valence-electron chi connectivity index (χ4n) is 6.32. The predicted molar refractivity (Wildman–Crippen MR) is 208 cm³/mol. The largest absolute Gasteiger partial charge is 0.486 e. The molecule has 0 aliphatic carbocycles. The normalized spacial score (nSPS) is 11.7. The number of nitrogens with zero attached hydrogens (tertiary/aromatic N) is 3. The molecule has 7 rings (SSSR count). The third-order valence-corrected chi connectivity index (χ3v) is 10.6. The summed E-state index contributed by atoms with van der Waals surface area (Å²) >= 11 is 0. The summed E-state index contributed by atoms with van der Waals surface area (Å²) in [4.78, 5) is 13.8. The van der Waals surface area contributed by atoms with E-state index in [4.69, 9.17) is 4.42 Å². The summed E-state index contributed by atoms with van der Waals surface area (Å²) in [6.07, 6.45) is 6.76. The van der Waals surface area contributed by atoms with E-state index in [0.29, 0.717) is 11.6 Å². The zero-order valence-electron chi connectivity index (χ0n) is 30.3. The number of pyridine rings is 3. The third kappa shape index (κ3) is 8.38. The van der Waals surface area contributed by atoms with Gasteiger partial charge in [-0.1, -0.05) is 119 Å². The van der Waals surface area contributed by atoms with E-state index in [1.54, 1.807) is 6.20 Å². The van der Waals surface area contributed by atoms with Gasteiger partial charge in [-0.2, -0.15) is 0 Å². The van der Waals surface area contributed by atoms with Gasteiger partial charge in [-0.25, -0.2) is 4.98 Å². The summed E-state index contributed by atoms with van der Waals surface area (Å²) in [7, 11) is -1.34. The van der Waals surface area contributed by atoms with Crippen molar-refractivity contribution < 1.29 is 24.5 Å². The Kier molecular flexibility index (Phi) is 11.4. The van der Waals surface area contributed by atoms with Gasteiger partial charge in [0, 0.05) is 44.1 Å². The van der Waals surface area contributed by atoms with E-state index in [1.165, 1.54) is 16.3 Å². The molecule has 4 heterocycles. The molecule has 0 unspecified atom stereocenters. The monoisotopic (exact) mass is 852 g/mol. The summed E-state index contributed by atoms with van der Waals surface area (Å²) in [5.41, 5.74) is 10.5. The number of furan rings is 1. The van der Waals surface area contributed by atoms with Gasteiger partial charge < -0.3 is 14.4 Å². The van der Waals surface area contributed by atoms with Crippen molar-refractivity contribution in [3.05, 3.63) is 133 Å². The SMILES string of the molecule is CC(C)(C)Cc1ccnc(-c2[c-]ccc3c2oc2nccc(-c4ccccc4)c23)c1.CC(C)c1cc(-c2[c-]cccc2)ncc1[Si](C)(C)C.[Ir]. The minimum absolute atomic E-state index is 0. The van der Waals surface area contributed by atoms with Crippen LogP contribution in [0.25, 0.3) is 55.7 Å². The maximum absolute atomic E-state index is 6.26. The molecule has 4 nitrogen and oxygen atoms in total. The van der Waals surface area contributed by atoms with Crippen LogP contribution in [0.1, 0.15) is 51.7 Å².